The van der Waals surface area contributed by atoms with Gasteiger partial charge in [-0.1, -0.05) is 169 Å². The van der Waals surface area contributed by atoms with Crippen LogP contribution in [0.2, 0.25) is 0 Å². The molecule has 0 atom stereocenters. The number of aryl methyl sites for hydroxylation is 1. The third kappa shape index (κ3) is 4.97. The van der Waals surface area contributed by atoms with Crippen molar-refractivity contribution in [1.29, 1.82) is 0 Å². The Morgan fingerprint density at radius 2 is 0.655 bits per heavy atom. The lowest BCUT2D eigenvalue weighted by molar-refractivity contribution is 0.483. The maximum atomic E-state index is 6.34. The topological polar surface area (TPSA) is 9.23 Å². The molecule has 0 aliphatic carbocycles. The predicted molar refractivity (Wildman–Crippen MR) is 249 cm³/mol. The summed E-state index contributed by atoms with van der Waals surface area (Å²) in [5.41, 5.74) is 6.18. The fourth-order valence-corrected chi connectivity index (χ4v) is 9.72. The normalized spacial score (nSPS) is 11.9. The van der Waals surface area contributed by atoms with Crippen LogP contribution in [0.4, 0.5) is 0 Å². The molecule has 0 aliphatic heterocycles. The van der Waals surface area contributed by atoms with E-state index < -0.39 is 0 Å². The van der Waals surface area contributed by atoms with E-state index in [2.05, 4.69) is 177 Å². The van der Waals surface area contributed by atoms with Gasteiger partial charge >= 0.3 is 0 Å². The molecule has 58 heavy (non-hydrogen) atoms. The Kier molecular flexibility index (Phi) is 7.21. The average molecular weight is 737 g/mol. The third-order valence-electron chi connectivity index (χ3n) is 12.3. The van der Waals surface area contributed by atoms with E-state index in [0.29, 0.717) is 0 Å². The number of para-hydroxylation sites is 1. The molecule has 0 fully saturated rings. The molecule has 1 heteroatoms. The van der Waals surface area contributed by atoms with Gasteiger partial charge in [-0.25, -0.2) is 0 Å². The molecule has 0 saturated carbocycles. The highest BCUT2D eigenvalue weighted by molar-refractivity contribution is 6.34. The minimum atomic E-state index is 0.832. The molecular formula is C57H36O. The lowest BCUT2D eigenvalue weighted by Crippen LogP contribution is -1.91. The summed E-state index contributed by atoms with van der Waals surface area (Å²) in [6, 6.07) is 73.2. The molecule has 0 heterocycles. The van der Waals surface area contributed by atoms with Gasteiger partial charge in [0.1, 0.15) is 11.5 Å². The number of rotatable bonds is 4. The Hall–Kier alpha value is -7.48. The molecule has 0 N–H and O–H groups in total. The third-order valence-corrected chi connectivity index (χ3v) is 12.3. The Bertz CT molecular complexity index is 3640. The molecule has 1 nitrogen and oxygen atoms in total. The molecule has 0 bridgehead atoms. The van der Waals surface area contributed by atoms with Crippen LogP contribution in [0.25, 0.3) is 108 Å². The first-order chi connectivity index (χ1) is 28.7. The van der Waals surface area contributed by atoms with Crippen molar-refractivity contribution in [1.82, 2.24) is 0 Å². The molecule has 0 aliphatic rings. The Morgan fingerprint density at radius 1 is 0.259 bits per heavy atom. The second-order valence-corrected chi connectivity index (χ2v) is 15.6. The zero-order valence-corrected chi connectivity index (χ0v) is 32.0. The highest BCUT2D eigenvalue weighted by Gasteiger charge is 2.18. The van der Waals surface area contributed by atoms with Gasteiger partial charge in [-0.15, -0.1) is 0 Å². The van der Waals surface area contributed by atoms with Gasteiger partial charge in [-0.2, -0.15) is 0 Å². The van der Waals surface area contributed by atoms with Gasteiger partial charge in [0, 0.05) is 0 Å². The lowest BCUT2D eigenvalue weighted by Gasteiger charge is -2.18. The zero-order chi connectivity index (χ0) is 38.3. The van der Waals surface area contributed by atoms with Crippen LogP contribution in [0.15, 0.2) is 200 Å². The quantitative estimate of drug-likeness (QED) is 0.164. The molecule has 12 aromatic rings. The van der Waals surface area contributed by atoms with E-state index >= 15 is 0 Å². The number of ether oxygens (including phenoxy) is 1. The van der Waals surface area contributed by atoms with Gasteiger partial charge in [0.2, 0.25) is 0 Å². The summed E-state index contributed by atoms with van der Waals surface area (Å²) in [6.45, 7) is 2.19. The van der Waals surface area contributed by atoms with Gasteiger partial charge in [0.15, 0.2) is 0 Å². The van der Waals surface area contributed by atoms with Crippen molar-refractivity contribution in [3.05, 3.63) is 206 Å². The zero-order valence-electron chi connectivity index (χ0n) is 32.0. The van der Waals surface area contributed by atoms with Crippen LogP contribution in [-0.4, -0.2) is 0 Å². The smallest absolute Gasteiger partial charge is 0.128 e. The van der Waals surface area contributed by atoms with Crippen LogP contribution in [0, 0.1) is 6.92 Å². The van der Waals surface area contributed by atoms with Crippen molar-refractivity contribution in [2.45, 2.75) is 6.92 Å². The van der Waals surface area contributed by atoms with E-state index in [9.17, 15) is 0 Å². The van der Waals surface area contributed by atoms with Crippen LogP contribution in [0.1, 0.15) is 5.56 Å². The van der Waals surface area contributed by atoms with Crippen molar-refractivity contribution in [3.8, 4) is 33.8 Å². The first-order valence-electron chi connectivity index (χ1n) is 20.1. The summed E-state index contributed by atoms with van der Waals surface area (Å²) < 4.78 is 6.34. The number of hydrogen-bond acceptors (Lipinski definition) is 1. The van der Waals surface area contributed by atoms with Gasteiger partial charge in [-0.05, 0) is 152 Å². The summed E-state index contributed by atoms with van der Waals surface area (Å²) in [4.78, 5) is 0. The molecule has 0 aromatic heterocycles. The molecule has 0 amide bonds. The first kappa shape index (κ1) is 32.7. The summed E-state index contributed by atoms with van der Waals surface area (Å²) in [5.74, 6) is 1.67. The van der Waals surface area contributed by atoms with E-state index in [4.69, 9.17) is 4.74 Å². The molecule has 0 radical (unpaired) electrons. The monoisotopic (exact) mass is 736 g/mol. The minimum absolute atomic E-state index is 0.832. The van der Waals surface area contributed by atoms with Crippen molar-refractivity contribution in [3.63, 3.8) is 0 Å². The maximum absolute atomic E-state index is 6.34. The van der Waals surface area contributed by atoms with Crippen LogP contribution < -0.4 is 4.74 Å². The van der Waals surface area contributed by atoms with E-state index in [0.717, 1.165) is 11.5 Å². The van der Waals surface area contributed by atoms with Crippen LogP contribution in [-0.2, 0) is 0 Å². The summed E-state index contributed by atoms with van der Waals surface area (Å²) in [5, 5.41) is 20.3. The second kappa shape index (κ2) is 12.8. The number of hydrogen-bond donors (Lipinski definition) is 0. The van der Waals surface area contributed by atoms with E-state index in [1.54, 1.807) is 0 Å². The Balaban J connectivity index is 1.06. The minimum Gasteiger partial charge on any atom is -0.457 e. The molecule has 0 unspecified atom stereocenters. The first-order valence-corrected chi connectivity index (χ1v) is 20.1. The van der Waals surface area contributed by atoms with Gasteiger partial charge < -0.3 is 4.74 Å². The predicted octanol–water partition coefficient (Wildman–Crippen LogP) is 16.3. The van der Waals surface area contributed by atoms with Gasteiger partial charge in [0.25, 0.3) is 0 Å². The standard InChI is InChI=1S/C57H36O/c1-35-23-29-48-52(31-35)40-15-5-7-17-42(40)54-33-50(44-19-9-11-21-46(44)56(48)54)36-24-26-37(27-25-36)51-34-55-43-18-8-6-16-41(43)53-32-39(58-38-13-3-2-4-14-38)28-30-49(53)57(55)47-22-12-10-20-45(47)51/h2-34H,1H3. The lowest BCUT2D eigenvalue weighted by atomic mass is 9.86. The summed E-state index contributed by atoms with van der Waals surface area (Å²) >= 11 is 0. The molecule has 270 valence electrons. The van der Waals surface area contributed by atoms with E-state index in [1.165, 1.54) is 114 Å². The molecule has 12 aromatic carbocycles. The second-order valence-electron chi connectivity index (χ2n) is 15.6. The average Bonchev–Trinajstić information content (AvgIpc) is 3.29. The molecular weight excluding hydrogens is 701 g/mol. The number of benzene rings is 12. The highest BCUT2D eigenvalue weighted by Crippen LogP contribution is 2.46. The SMILES string of the molecule is Cc1ccc2c(c1)c1ccccc1c1cc(-c3ccc(-c4cc5c6ccccc6c6cc(Oc7ccccc7)ccc6c5c5ccccc45)cc3)c3ccccc3c21. The maximum Gasteiger partial charge on any atom is 0.128 e. The summed E-state index contributed by atoms with van der Waals surface area (Å²) in [7, 11) is 0. The molecule has 0 spiro atoms. The van der Waals surface area contributed by atoms with E-state index in [-0.39, 0.29) is 0 Å². The van der Waals surface area contributed by atoms with Crippen molar-refractivity contribution < 1.29 is 4.74 Å². The van der Waals surface area contributed by atoms with Crippen LogP contribution >= 0.6 is 0 Å². The van der Waals surface area contributed by atoms with Crippen molar-refractivity contribution >= 4 is 86.2 Å². The Morgan fingerprint density at radius 3 is 1.17 bits per heavy atom. The van der Waals surface area contributed by atoms with Crippen molar-refractivity contribution in [2.75, 3.05) is 0 Å². The summed E-state index contributed by atoms with van der Waals surface area (Å²) in [6.07, 6.45) is 0. The van der Waals surface area contributed by atoms with Crippen LogP contribution in [0.5, 0.6) is 11.5 Å². The highest BCUT2D eigenvalue weighted by atomic mass is 16.5. The van der Waals surface area contributed by atoms with Crippen LogP contribution in [0.3, 0.4) is 0 Å². The Labute approximate surface area is 336 Å². The largest absolute Gasteiger partial charge is 0.457 e. The van der Waals surface area contributed by atoms with Crippen molar-refractivity contribution in [2.24, 2.45) is 0 Å². The fourth-order valence-electron chi connectivity index (χ4n) is 9.72. The van der Waals surface area contributed by atoms with E-state index in [1.807, 2.05) is 30.3 Å². The number of fused-ring (bicyclic) bond motifs is 16. The van der Waals surface area contributed by atoms with Gasteiger partial charge in [-0.3, -0.25) is 0 Å². The fraction of sp³-hybridized carbons (Fsp3) is 0.0175. The molecule has 0 saturated heterocycles. The molecule has 12 rings (SSSR count). The van der Waals surface area contributed by atoms with Gasteiger partial charge in [0.05, 0.1) is 0 Å².